The molecule has 1 aromatic carbocycles. The minimum absolute atomic E-state index is 0.204. The molecule has 0 radical (unpaired) electrons. The number of hydrogen-bond acceptors (Lipinski definition) is 3. The van der Waals surface area contributed by atoms with Crippen LogP contribution in [0.4, 0.5) is 0 Å². The Bertz CT molecular complexity index is 444. The summed E-state index contributed by atoms with van der Waals surface area (Å²) >= 11 is 0. The molecule has 0 saturated carbocycles. The third kappa shape index (κ3) is 2.41. The third-order valence-corrected chi connectivity index (χ3v) is 3.82. The van der Waals surface area contributed by atoms with Gasteiger partial charge < -0.3 is 10.5 Å². The summed E-state index contributed by atoms with van der Waals surface area (Å²) in [4.78, 5) is 11.7. The van der Waals surface area contributed by atoms with Crippen LogP contribution >= 0.6 is 0 Å². The van der Waals surface area contributed by atoms with E-state index >= 15 is 0 Å². The van der Waals surface area contributed by atoms with E-state index in [0.29, 0.717) is 12.5 Å². The average Bonchev–Trinajstić information content (AvgIpc) is 2.35. The van der Waals surface area contributed by atoms with E-state index in [2.05, 4.69) is 13.0 Å². The van der Waals surface area contributed by atoms with Gasteiger partial charge in [0, 0.05) is 0 Å². The van der Waals surface area contributed by atoms with Crippen molar-refractivity contribution in [1.82, 2.24) is 0 Å². The van der Waals surface area contributed by atoms with Crippen LogP contribution in [0.5, 0.6) is 0 Å². The van der Waals surface area contributed by atoms with Gasteiger partial charge in [-0.1, -0.05) is 31.2 Å². The maximum absolute atomic E-state index is 11.7. The molecule has 1 aliphatic carbocycles. The van der Waals surface area contributed by atoms with Crippen molar-refractivity contribution in [2.24, 2.45) is 5.73 Å². The summed E-state index contributed by atoms with van der Waals surface area (Å²) in [5.41, 5.74) is 8.28. The molecule has 0 fully saturated rings. The average molecular weight is 247 g/mol. The first-order valence-corrected chi connectivity index (χ1v) is 6.60. The van der Waals surface area contributed by atoms with Gasteiger partial charge >= 0.3 is 5.97 Å². The summed E-state index contributed by atoms with van der Waals surface area (Å²) in [5.74, 6) is 0.310. The van der Waals surface area contributed by atoms with Crippen LogP contribution in [0, 0.1) is 0 Å². The summed E-state index contributed by atoms with van der Waals surface area (Å²) in [6.07, 6.45) is 2.13. The smallest absolute Gasteiger partial charge is 0.307 e. The summed E-state index contributed by atoms with van der Waals surface area (Å²) in [6, 6.07) is 8.19. The van der Waals surface area contributed by atoms with Crippen LogP contribution in [0.2, 0.25) is 0 Å². The van der Waals surface area contributed by atoms with E-state index < -0.39 is 5.54 Å². The minimum Gasteiger partial charge on any atom is -0.466 e. The molecular formula is C15H21NO2. The molecule has 0 bridgehead atoms. The molecule has 0 amide bonds. The van der Waals surface area contributed by atoms with Crippen LogP contribution in [0.3, 0.4) is 0 Å². The van der Waals surface area contributed by atoms with Gasteiger partial charge in [-0.3, -0.25) is 4.79 Å². The lowest BCUT2D eigenvalue weighted by Gasteiger charge is -2.37. The highest BCUT2D eigenvalue weighted by Gasteiger charge is 2.37. The second-order valence-electron chi connectivity index (χ2n) is 5.16. The van der Waals surface area contributed by atoms with Gasteiger partial charge in [0.05, 0.1) is 18.6 Å². The Kier molecular flexibility index (Phi) is 3.71. The highest BCUT2D eigenvalue weighted by molar-refractivity contribution is 5.71. The number of benzene rings is 1. The van der Waals surface area contributed by atoms with E-state index in [1.807, 2.05) is 25.1 Å². The normalized spacial score (nSPS) is 26.5. The molecule has 0 saturated heterocycles. The lowest BCUT2D eigenvalue weighted by molar-refractivity contribution is -0.144. The van der Waals surface area contributed by atoms with Gasteiger partial charge in [-0.25, -0.2) is 0 Å². The fourth-order valence-corrected chi connectivity index (χ4v) is 2.80. The van der Waals surface area contributed by atoms with Crippen LogP contribution < -0.4 is 5.73 Å². The highest BCUT2D eigenvalue weighted by atomic mass is 16.5. The molecule has 2 N–H and O–H groups in total. The van der Waals surface area contributed by atoms with Crippen molar-refractivity contribution >= 4 is 5.97 Å². The van der Waals surface area contributed by atoms with Crippen molar-refractivity contribution in [3.63, 3.8) is 0 Å². The van der Waals surface area contributed by atoms with Crippen molar-refractivity contribution in [2.45, 2.75) is 44.6 Å². The second kappa shape index (κ2) is 5.11. The van der Waals surface area contributed by atoms with Gasteiger partial charge in [-0.05, 0) is 36.8 Å². The highest BCUT2D eigenvalue weighted by Crippen LogP contribution is 2.41. The van der Waals surface area contributed by atoms with E-state index in [1.54, 1.807) is 0 Å². The number of nitrogens with two attached hydrogens (primary N) is 1. The molecule has 0 heterocycles. The number of ether oxygens (including phenoxy) is 1. The van der Waals surface area contributed by atoms with Crippen molar-refractivity contribution in [3.05, 3.63) is 35.4 Å². The molecule has 18 heavy (non-hydrogen) atoms. The van der Waals surface area contributed by atoms with Gasteiger partial charge in [0.25, 0.3) is 0 Å². The largest absolute Gasteiger partial charge is 0.466 e. The van der Waals surface area contributed by atoms with Gasteiger partial charge in [0.2, 0.25) is 0 Å². The van der Waals surface area contributed by atoms with Crippen molar-refractivity contribution < 1.29 is 9.53 Å². The Morgan fingerprint density at radius 2 is 2.22 bits per heavy atom. The van der Waals surface area contributed by atoms with Crippen LogP contribution in [0.25, 0.3) is 0 Å². The predicted molar refractivity (Wildman–Crippen MR) is 71.2 cm³/mol. The Morgan fingerprint density at radius 1 is 1.50 bits per heavy atom. The summed E-state index contributed by atoms with van der Waals surface area (Å²) in [5, 5.41) is 0. The monoisotopic (exact) mass is 247 g/mol. The van der Waals surface area contributed by atoms with Crippen LogP contribution in [0.1, 0.15) is 50.2 Å². The molecule has 1 aliphatic rings. The third-order valence-electron chi connectivity index (χ3n) is 3.82. The number of hydrogen-bond donors (Lipinski definition) is 1. The Morgan fingerprint density at radius 3 is 2.94 bits per heavy atom. The first-order valence-electron chi connectivity index (χ1n) is 6.60. The molecule has 0 aliphatic heterocycles. The molecule has 3 nitrogen and oxygen atoms in total. The van der Waals surface area contributed by atoms with Crippen LogP contribution in [-0.2, 0) is 15.1 Å². The SMILES string of the molecule is CCOC(=O)CC1(N)CCC(C)c2ccccc21. The zero-order chi connectivity index (χ0) is 13.2. The molecule has 0 spiro atoms. The standard InChI is InChI=1S/C15H21NO2/c1-3-18-14(17)10-15(16)9-8-11(2)12-6-4-5-7-13(12)15/h4-7,11H,3,8-10,16H2,1-2H3. The molecule has 2 unspecified atom stereocenters. The van der Waals surface area contributed by atoms with Crippen LogP contribution in [-0.4, -0.2) is 12.6 Å². The van der Waals surface area contributed by atoms with E-state index in [0.717, 1.165) is 18.4 Å². The van der Waals surface area contributed by atoms with E-state index in [-0.39, 0.29) is 12.4 Å². The fraction of sp³-hybridized carbons (Fsp3) is 0.533. The number of fused-ring (bicyclic) bond motifs is 1. The molecule has 3 heteroatoms. The number of rotatable bonds is 3. The first-order chi connectivity index (χ1) is 8.57. The fourth-order valence-electron chi connectivity index (χ4n) is 2.80. The topological polar surface area (TPSA) is 52.3 Å². The Labute approximate surface area is 108 Å². The van der Waals surface area contributed by atoms with Crippen molar-refractivity contribution in [3.8, 4) is 0 Å². The van der Waals surface area contributed by atoms with Crippen molar-refractivity contribution in [2.75, 3.05) is 6.61 Å². The maximum atomic E-state index is 11.7. The molecule has 0 aromatic heterocycles. The zero-order valence-electron chi connectivity index (χ0n) is 11.1. The zero-order valence-corrected chi connectivity index (χ0v) is 11.1. The first kappa shape index (κ1) is 13.1. The van der Waals surface area contributed by atoms with E-state index in [1.165, 1.54) is 5.56 Å². The molecule has 2 atom stereocenters. The quantitative estimate of drug-likeness (QED) is 0.835. The molecule has 2 rings (SSSR count). The Hall–Kier alpha value is -1.35. The summed E-state index contributed by atoms with van der Waals surface area (Å²) < 4.78 is 5.03. The van der Waals surface area contributed by atoms with Gasteiger partial charge in [0.15, 0.2) is 0 Å². The number of carbonyl (C=O) groups excluding carboxylic acids is 1. The number of esters is 1. The van der Waals surface area contributed by atoms with Gasteiger partial charge in [-0.15, -0.1) is 0 Å². The van der Waals surface area contributed by atoms with Crippen molar-refractivity contribution in [1.29, 1.82) is 0 Å². The lowest BCUT2D eigenvalue weighted by Crippen LogP contribution is -2.42. The second-order valence-corrected chi connectivity index (χ2v) is 5.16. The minimum atomic E-state index is -0.560. The Balaban J connectivity index is 2.29. The summed E-state index contributed by atoms with van der Waals surface area (Å²) in [7, 11) is 0. The van der Waals surface area contributed by atoms with E-state index in [4.69, 9.17) is 10.5 Å². The number of carbonyl (C=O) groups is 1. The van der Waals surface area contributed by atoms with Gasteiger partial charge in [0.1, 0.15) is 0 Å². The predicted octanol–water partition coefficient (Wildman–Crippen LogP) is 2.69. The molecule has 1 aromatic rings. The summed E-state index contributed by atoms with van der Waals surface area (Å²) in [6.45, 7) is 4.44. The lowest BCUT2D eigenvalue weighted by atomic mass is 9.71. The van der Waals surface area contributed by atoms with Gasteiger partial charge in [-0.2, -0.15) is 0 Å². The van der Waals surface area contributed by atoms with Crippen LogP contribution in [0.15, 0.2) is 24.3 Å². The molecular weight excluding hydrogens is 226 g/mol. The maximum Gasteiger partial charge on any atom is 0.307 e. The molecule has 98 valence electrons. The van der Waals surface area contributed by atoms with E-state index in [9.17, 15) is 4.79 Å².